The second-order valence-electron chi connectivity index (χ2n) is 2.32. The Morgan fingerprint density at radius 3 is 2.83 bits per heavy atom. The van der Waals surface area contributed by atoms with Crippen LogP contribution < -0.4 is 0 Å². The zero-order valence-corrected chi connectivity index (χ0v) is 7.30. The van der Waals surface area contributed by atoms with Crippen molar-refractivity contribution in [3.63, 3.8) is 0 Å². The molecule has 62 valence electrons. The largest absolute Gasteiger partial charge is 0.384 e. The molecule has 0 aliphatic carbocycles. The second kappa shape index (κ2) is 4.82. The van der Waals surface area contributed by atoms with Gasteiger partial charge in [-0.15, -0.1) is 0 Å². The summed E-state index contributed by atoms with van der Waals surface area (Å²) in [5.41, 5.74) is 1.07. The van der Waals surface area contributed by atoms with Gasteiger partial charge < -0.3 is 5.11 Å². The monoisotopic (exact) mass is 180 g/mol. The number of hydrogen-bond donors (Lipinski definition) is 1. The maximum atomic E-state index is 8.40. The van der Waals surface area contributed by atoms with E-state index in [2.05, 4.69) is 11.8 Å². The molecule has 0 bridgehead atoms. The van der Waals surface area contributed by atoms with E-state index in [4.69, 9.17) is 16.7 Å². The summed E-state index contributed by atoms with van der Waals surface area (Å²) in [6, 6.07) is 7.54. The highest BCUT2D eigenvalue weighted by molar-refractivity contribution is 6.30. The minimum Gasteiger partial charge on any atom is -0.384 e. The first-order valence-electron chi connectivity index (χ1n) is 3.64. The molecule has 1 aromatic rings. The molecule has 0 saturated carbocycles. The number of rotatable bonds is 1. The quantitative estimate of drug-likeness (QED) is 0.655. The van der Waals surface area contributed by atoms with Crippen LogP contribution in [0.2, 0.25) is 5.02 Å². The van der Waals surface area contributed by atoms with E-state index in [9.17, 15) is 0 Å². The molecular weight excluding hydrogens is 172 g/mol. The molecule has 2 heteroatoms. The fraction of sp³-hybridized carbons (Fsp3) is 0.200. The third-order valence-corrected chi connectivity index (χ3v) is 1.62. The first-order valence-corrected chi connectivity index (χ1v) is 4.02. The van der Waals surface area contributed by atoms with Crippen LogP contribution >= 0.6 is 11.6 Å². The zero-order chi connectivity index (χ0) is 8.81. The summed E-state index contributed by atoms with van der Waals surface area (Å²) in [4.78, 5) is 0. The standard InChI is InChI=1S/C10H9ClO/c11-10-6-3-5-9(8-10)4-1-2-7-12/h3,5-6,8,12H,4,7H2. The van der Waals surface area contributed by atoms with Crippen LogP contribution in [0.15, 0.2) is 24.3 Å². The molecule has 1 aromatic carbocycles. The predicted molar refractivity (Wildman–Crippen MR) is 50.0 cm³/mol. The molecule has 0 saturated heterocycles. The van der Waals surface area contributed by atoms with Crippen LogP contribution in [0.4, 0.5) is 0 Å². The van der Waals surface area contributed by atoms with Gasteiger partial charge in [0.2, 0.25) is 0 Å². The van der Waals surface area contributed by atoms with Crippen molar-refractivity contribution < 1.29 is 5.11 Å². The van der Waals surface area contributed by atoms with Crippen LogP contribution in [-0.2, 0) is 6.42 Å². The van der Waals surface area contributed by atoms with Gasteiger partial charge in [0, 0.05) is 11.4 Å². The van der Waals surface area contributed by atoms with Gasteiger partial charge in [0.05, 0.1) is 0 Å². The molecule has 0 aliphatic heterocycles. The first-order chi connectivity index (χ1) is 5.83. The van der Waals surface area contributed by atoms with Gasteiger partial charge in [-0.05, 0) is 17.7 Å². The van der Waals surface area contributed by atoms with E-state index in [0.29, 0.717) is 6.42 Å². The molecule has 0 heterocycles. The van der Waals surface area contributed by atoms with Crippen molar-refractivity contribution in [3.8, 4) is 11.8 Å². The molecule has 0 radical (unpaired) electrons. The third kappa shape index (κ3) is 2.96. The van der Waals surface area contributed by atoms with Gasteiger partial charge in [-0.2, -0.15) is 0 Å². The van der Waals surface area contributed by atoms with Crippen molar-refractivity contribution in [3.05, 3.63) is 34.9 Å². The molecule has 0 spiro atoms. The van der Waals surface area contributed by atoms with Gasteiger partial charge >= 0.3 is 0 Å². The molecule has 0 amide bonds. The molecule has 12 heavy (non-hydrogen) atoms. The second-order valence-corrected chi connectivity index (χ2v) is 2.75. The van der Waals surface area contributed by atoms with Gasteiger partial charge in [0.15, 0.2) is 0 Å². The molecule has 0 fully saturated rings. The maximum absolute atomic E-state index is 8.40. The molecular formula is C10H9ClO. The van der Waals surface area contributed by atoms with E-state index in [1.165, 1.54) is 0 Å². The average Bonchev–Trinajstić information content (AvgIpc) is 2.05. The normalized spacial score (nSPS) is 8.83. The van der Waals surface area contributed by atoms with Gasteiger partial charge in [-0.25, -0.2) is 0 Å². The van der Waals surface area contributed by atoms with Crippen LogP contribution in [-0.4, -0.2) is 11.7 Å². The van der Waals surface area contributed by atoms with Gasteiger partial charge in [-0.1, -0.05) is 35.6 Å². The van der Waals surface area contributed by atoms with E-state index in [0.717, 1.165) is 10.6 Å². The fourth-order valence-electron chi connectivity index (χ4n) is 0.867. The van der Waals surface area contributed by atoms with E-state index in [1.54, 1.807) is 0 Å². The predicted octanol–water partition coefficient (Wildman–Crippen LogP) is 1.88. The molecule has 0 atom stereocenters. The Labute approximate surface area is 77.0 Å². The summed E-state index contributed by atoms with van der Waals surface area (Å²) in [6.07, 6.45) is 0.640. The summed E-state index contributed by atoms with van der Waals surface area (Å²) >= 11 is 5.76. The topological polar surface area (TPSA) is 20.2 Å². The molecule has 1 nitrogen and oxygen atoms in total. The fourth-order valence-corrected chi connectivity index (χ4v) is 1.08. The number of aliphatic hydroxyl groups is 1. The van der Waals surface area contributed by atoms with Crippen LogP contribution in [0.1, 0.15) is 5.56 Å². The van der Waals surface area contributed by atoms with Gasteiger partial charge in [0.1, 0.15) is 6.61 Å². The van der Waals surface area contributed by atoms with E-state index in [-0.39, 0.29) is 6.61 Å². The van der Waals surface area contributed by atoms with Crippen molar-refractivity contribution in [1.29, 1.82) is 0 Å². The van der Waals surface area contributed by atoms with Gasteiger partial charge in [0.25, 0.3) is 0 Å². The van der Waals surface area contributed by atoms with Crippen molar-refractivity contribution in [2.45, 2.75) is 6.42 Å². The first kappa shape index (κ1) is 9.12. The van der Waals surface area contributed by atoms with Crippen molar-refractivity contribution in [1.82, 2.24) is 0 Å². The minimum atomic E-state index is -0.0828. The lowest BCUT2D eigenvalue weighted by molar-refractivity contribution is 0.350. The lowest BCUT2D eigenvalue weighted by Gasteiger charge is -1.94. The highest BCUT2D eigenvalue weighted by Crippen LogP contribution is 2.10. The summed E-state index contributed by atoms with van der Waals surface area (Å²) in [5.74, 6) is 5.40. The summed E-state index contributed by atoms with van der Waals surface area (Å²) in [5, 5.41) is 9.12. The number of aliphatic hydroxyl groups excluding tert-OH is 1. The summed E-state index contributed by atoms with van der Waals surface area (Å²) < 4.78 is 0. The molecule has 1 rings (SSSR count). The van der Waals surface area contributed by atoms with E-state index < -0.39 is 0 Å². The Hall–Kier alpha value is -0.970. The van der Waals surface area contributed by atoms with E-state index in [1.807, 2.05) is 24.3 Å². The van der Waals surface area contributed by atoms with Crippen molar-refractivity contribution >= 4 is 11.6 Å². The Morgan fingerprint density at radius 1 is 1.33 bits per heavy atom. The van der Waals surface area contributed by atoms with E-state index >= 15 is 0 Å². The van der Waals surface area contributed by atoms with Crippen molar-refractivity contribution in [2.75, 3.05) is 6.61 Å². The Balaban J connectivity index is 2.63. The smallest absolute Gasteiger partial charge is 0.104 e. The summed E-state index contributed by atoms with van der Waals surface area (Å²) in [7, 11) is 0. The maximum Gasteiger partial charge on any atom is 0.104 e. The van der Waals surface area contributed by atoms with Crippen LogP contribution in [0.25, 0.3) is 0 Å². The van der Waals surface area contributed by atoms with Gasteiger partial charge in [-0.3, -0.25) is 0 Å². The van der Waals surface area contributed by atoms with Crippen LogP contribution in [0.3, 0.4) is 0 Å². The third-order valence-electron chi connectivity index (χ3n) is 1.39. The zero-order valence-electron chi connectivity index (χ0n) is 6.55. The number of hydrogen-bond acceptors (Lipinski definition) is 1. The Morgan fingerprint density at radius 2 is 2.17 bits per heavy atom. The van der Waals surface area contributed by atoms with Crippen LogP contribution in [0, 0.1) is 11.8 Å². The molecule has 1 N–H and O–H groups in total. The SMILES string of the molecule is OCC#CCc1cccc(Cl)c1. The molecule has 0 aliphatic rings. The minimum absolute atomic E-state index is 0.0828. The molecule has 0 aromatic heterocycles. The number of halogens is 1. The van der Waals surface area contributed by atoms with Crippen LogP contribution in [0.5, 0.6) is 0 Å². The lowest BCUT2D eigenvalue weighted by atomic mass is 10.2. The average molecular weight is 181 g/mol. The lowest BCUT2D eigenvalue weighted by Crippen LogP contribution is -1.81. The highest BCUT2D eigenvalue weighted by atomic mass is 35.5. The van der Waals surface area contributed by atoms with Crippen molar-refractivity contribution in [2.24, 2.45) is 0 Å². The summed E-state index contributed by atoms with van der Waals surface area (Å²) in [6.45, 7) is -0.0828. The Kier molecular flexibility index (Phi) is 3.66. The highest BCUT2D eigenvalue weighted by Gasteiger charge is 1.89. The number of benzene rings is 1. The Bertz CT molecular complexity index is 309. The molecule has 0 unspecified atom stereocenters.